The Hall–Kier alpha value is -1.71. The summed E-state index contributed by atoms with van der Waals surface area (Å²) in [5.41, 5.74) is 2.82. The van der Waals surface area contributed by atoms with Crippen LogP contribution in [0.5, 0.6) is 11.5 Å². The monoisotopic (exact) mass is 327 g/mol. The van der Waals surface area contributed by atoms with E-state index in [-0.39, 0.29) is 17.4 Å². The maximum Gasteiger partial charge on any atom is 0.226 e. The van der Waals surface area contributed by atoms with Crippen LogP contribution in [0.3, 0.4) is 0 Å². The van der Waals surface area contributed by atoms with Gasteiger partial charge in [-0.15, -0.1) is 0 Å². The predicted molar refractivity (Wildman–Crippen MR) is 90.4 cm³/mol. The van der Waals surface area contributed by atoms with Gasteiger partial charge in [0.2, 0.25) is 5.91 Å². The first-order chi connectivity index (χ1) is 11.7. The fraction of sp³-hybridized carbons (Fsp3) is 0.650. The summed E-state index contributed by atoms with van der Waals surface area (Å²) in [5, 5.41) is 0. The molecule has 2 aliphatic carbocycles. The number of hydrogen-bond acceptors (Lipinski definition) is 3. The molecule has 4 nitrogen and oxygen atoms in total. The van der Waals surface area contributed by atoms with Crippen LogP contribution < -0.4 is 9.47 Å². The van der Waals surface area contributed by atoms with Gasteiger partial charge in [-0.2, -0.15) is 0 Å². The van der Waals surface area contributed by atoms with Crippen molar-refractivity contribution in [3.8, 4) is 11.5 Å². The lowest BCUT2D eigenvalue weighted by Crippen LogP contribution is -2.49. The third-order valence-electron chi connectivity index (χ3n) is 6.45. The molecule has 4 heteroatoms. The minimum Gasteiger partial charge on any atom is -0.486 e. The molecule has 1 atom stereocenters. The molecule has 0 saturated heterocycles. The summed E-state index contributed by atoms with van der Waals surface area (Å²) in [6, 6.07) is 4.51. The molecule has 2 heterocycles. The summed E-state index contributed by atoms with van der Waals surface area (Å²) in [6.45, 7) is 4.30. The third-order valence-corrected chi connectivity index (χ3v) is 6.45. The van der Waals surface area contributed by atoms with Gasteiger partial charge in [-0.05, 0) is 55.9 Å². The van der Waals surface area contributed by atoms with Crippen molar-refractivity contribution in [3.63, 3.8) is 0 Å². The van der Waals surface area contributed by atoms with Crippen LogP contribution in [0, 0.1) is 5.92 Å². The van der Waals surface area contributed by atoms with Gasteiger partial charge in [-0.25, -0.2) is 0 Å². The SMILES string of the molecule is C[C@@H]1c2cc3c(cc2C2(CCCC2)CN1C(=O)C1CC1)OCCO3. The number of fused-ring (bicyclic) bond motifs is 3. The average molecular weight is 327 g/mol. The standard InChI is InChI=1S/C20H25NO3/c1-13-15-10-17-18(24-9-8-23-17)11-16(15)20(6-2-3-7-20)12-21(13)19(22)14-4-5-14/h10-11,13-14H,2-9,12H2,1H3/t13-/m1/s1. The van der Waals surface area contributed by atoms with Crippen LogP contribution in [0.25, 0.3) is 0 Å². The minimum absolute atomic E-state index is 0.127. The van der Waals surface area contributed by atoms with Crippen LogP contribution in [0.1, 0.15) is 62.6 Å². The van der Waals surface area contributed by atoms with E-state index in [4.69, 9.17) is 9.47 Å². The topological polar surface area (TPSA) is 38.8 Å². The normalized spacial score (nSPS) is 27.2. The number of nitrogens with zero attached hydrogens (tertiary/aromatic N) is 1. The largest absolute Gasteiger partial charge is 0.486 e. The van der Waals surface area contributed by atoms with E-state index in [1.807, 2.05) is 0 Å². The number of benzene rings is 1. The summed E-state index contributed by atoms with van der Waals surface area (Å²) in [6.07, 6.45) is 7.02. The van der Waals surface area contributed by atoms with E-state index < -0.39 is 0 Å². The molecule has 2 saturated carbocycles. The lowest BCUT2D eigenvalue weighted by atomic mass is 9.71. The predicted octanol–water partition coefficient (Wildman–Crippen LogP) is 3.58. The fourth-order valence-electron chi connectivity index (χ4n) is 4.94. The molecule has 2 fully saturated rings. The van der Waals surface area contributed by atoms with Crippen molar-refractivity contribution in [3.05, 3.63) is 23.3 Å². The van der Waals surface area contributed by atoms with Gasteiger partial charge in [-0.3, -0.25) is 4.79 Å². The summed E-state index contributed by atoms with van der Waals surface area (Å²) in [7, 11) is 0. The van der Waals surface area contributed by atoms with E-state index in [1.165, 1.54) is 36.8 Å². The highest BCUT2D eigenvalue weighted by molar-refractivity contribution is 5.82. The Morgan fingerprint density at radius 2 is 1.79 bits per heavy atom. The highest BCUT2D eigenvalue weighted by Gasteiger charge is 2.48. The summed E-state index contributed by atoms with van der Waals surface area (Å²) < 4.78 is 11.7. The Morgan fingerprint density at radius 1 is 1.12 bits per heavy atom. The fourth-order valence-corrected chi connectivity index (χ4v) is 4.94. The van der Waals surface area contributed by atoms with Crippen molar-refractivity contribution in [1.29, 1.82) is 0 Å². The molecule has 0 N–H and O–H groups in total. The van der Waals surface area contributed by atoms with Crippen LogP contribution in [0.2, 0.25) is 0 Å². The van der Waals surface area contributed by atoms with Crippen molar-refractivity contribution in [2.45, 2.75) is 56.9 Å². The van der Waals surface area contributed by atoms with E-state index in [2.05, 4.69) is 24.0 Å². The Morgan fingerprint density at radius 3 is 2.46 bits per heavy atom. The average Bonchev–Trinajstić information content (AvgIpc) is 3.36. The zero-order chi connectivity index (χ0) is 16.3. The zero-order valence-corrected chi connectivity index (χ0v) is 14.3. The molecule has 4 aliphatic rings. The van der Waals surface area contributed by atoms with Crippen LogP contribution in [-0.4, -0.2) is 30.6 Å². The Bertz CT molecular complexity index is 688. The van der Waals surface area contributed by atoms with Gasteiger partial charge in [0.1, 0.15) is 13.2 Å². The molecular weight excluding hydrogens is 302 g/mol. The molecule has 1 amide bonds. The molecule has 0 unspecified atom stereocenters. The van der Waals surface area contributed by atoms with E-state index >= 15 is 0 Å². The zero-order valence-electron chi connectivity index (χ0n) is 14.3. The van der Waals surface area contributed by atoms with Crippen LogP contribution >= 0.6 is 0 Å². The lowest BCUT2D eigenvalue weighted by Gasteiger charge is -2.46. The van der Waals surface area contributed by atoms with Crippen molar-refractivity contribution >= 4 is 5.91 Å². The first kappa shape index (κ1) is 14.6. The molecule has 24 heavy (non-hydrogen) atoms. The quantitative estimate of drug-likeness (QED) is 0.791. The Balaban J connectivity index is 1.63. The van der Waals surface area contributed by atoms with Gasteiger partial charge in [0, 0.05) is 17.9 Å². The number of ether oxygens (including phenoxy) is 2. The maximum absolute atomic E-state index is 12.9. The second kappa shape index (κ2) is 5.14. The van der Waals surface area contributed by atoms with E-state index in [0.29, 0.717) is 19.1 Å². The molecule has 2 aliphatic heterocycles. The third kappa shape index (κ3) is 2.08. The maximum atomic E-state index is 12.9. The molecule has 1 spiro atoms. The van der Waals surface area contributed by atoms with Gasteiger partial charge < -0.3 is 14.4 Å². The summed E-state index contributed by atoms with van der Waals surface area (Å²) in [5.74, 6) is 2.39. The van der Waals surface area contributed by atoms with Crippen LogP contribution in [0.4, 0.5) is 0 Å². The molecule has 128 valence electrons. The van der Waals surface area contributed by atoms with Crippen molar-refractivity contribution in [1.82, 2.24) is 4.90 Å². The van der Waals surface area contributed by atoms with Gasteiger partial charge in [0.05, 0.1) is 6.04 Å². The molecule has 0 radical (unpaired) electrons. The summed E-state index contributed by atoms with van der Waals surface area (Å²) in [4.78, 5) is 15.0. The number of hydrogen-bond donors (Lipinski definition) is 0. The first-order valence-electron chi connectivity index (χ1n) is 9.42. The van der Waals surface area contributed by atoms with Gasteiger partial charge in [0.15, 0.2) is 11.5 Å². The molecule has 1 aromatic rings. The molecule has 1 aromatic carbocycles. The number of rotatable bonds is 1. The van der Waals surface area contributed by atoms with Crippen LogP contribution in [0.15, 0.2) is 12.1 Å². The number of amides is 1. The molecular formula is C20H25NO3. The molecule has 0 bridgehead atoms. The highest BCUT2D eigenvalue weighted by Crippen LogP contribution is 2.52. The van der Waals surface area contributed by atoms with Crippen molar-refractivity contribution in [2.24, 2.45) is 5.92 Å². The molecule has 5 rings (SSSR count). The van der Waals surface area contributed by atoms with Gasteiger partial charge in [-0.1, -0.05) is 12.8 Å². The highest BCUT2D eigenvalue weighted by atomic mass is 16.6. The van der Waals surface area contributed by atoms with Crippen LogP contribution in [-0.2, 0) is 10.2 Å². The van der Waals surface area contributed by atoms with Gasteiger partial charge in [0.25, 0.3) is 0 Å². The van der Waals surface area contributed by atoms with Gasteiger partial charge >= 0.3 is 0 Å². The van der Waals surface area contributed by atoms with E-state index in [9.17, 15) is 4.79 Å². The van der Waals surface area contributed by atoms with E-state index in [1.54, 1.807) is 0 Å². The second-order valence-corrected chi connectivity index (χ2v) is 7.99. The Labute approximate surface area is 143 Å². The van der Waals surface area contributed by atoms with E-state index in [0.717, 1.165) is 30.9 Å². The minimum atomic E-state index is 0.127. The molecule has 0 aromatic heterocycles. The number of carbonyl (C=O) groups excluding carboxylic acids is 1. The Kier molecular flexibility index (Phi) is 3.13. The first-order valence-corrected chi connectivity index (χ1v) is 9.42. The lowest BCUT2D eigenvalue weighted by molar-refractivity contribution is -0.136. The number of carbonyl (C=O) groups is 1. The van der Waals surface area contributed by atoms with Crippen molar-refractivity contribution in [2.75, 3.05) is 19.8 Å². The summed E-state index contributed by atoms with van der Waals surface area (Å²) >= 11 is 0. The van der Waals surface area contributed by atoms with Crippen molar-refractivity contribution < 1.29 is 14.3 Å². The smallest absolute Gasteiger partial charge is 0.226 e. The second-order valence-electron chi connectivity index (χ2n) is 7.99.